The molecule has 0 amide bonds. The number of allylic oxidation sites excluding steroid dienone is 2. The summed E-state index contributed by atoms with van der Waals surface area (Å²) in [4.78, 5) is 0. The fraction of sp³-hybridized carbons (Fsp3) is 0.350. The summed E-state index contributed by atoms with van der Waals surface area (Å²) in [6.07, 6.45) is 6.41. The molecule has 5 rings (SSSR count). The average Bonchev–Trinajstić information content (AvgIpc) is 3.11. The molecule has 1 fully saturated rings. The van der Waals surface area contributed by atoms with Gasteiger partial charge in [0.2, 0.25) is 5.69 Å². The Morgan fingerprint density at radius 2 is 2.12 bits per heavy atom. The van der Waals surface area contributed by atoms with E-state index in [-0.39, 0.29) is 6.10 Å². The fourth-order valence-electron chi connectivity index (χ4n) is 4.08. The predicted octanol–water partition coefficient (Wildman–Crippen LogP) is 2.96. The van der Waals surface area contributed by atoms with Crippen LogP contribution in [0, 0.1) is 0 Å². The number of aryl methyl sites for hydroxylation is 1. The van der Waals surface area contributed by atoms with Crippen molar-refractivity contribution >= 4 is 16.3 Å². The molecule has 0 spiro atoms. The molecule has 1 aromatic carbocycles. The van der Waals surface area contributed by atoms with Gasteiger partial charge in [0.05, 0.1) is 19.6 Å². The van der Waals surface area contributed by atoms with Crippen LogP contribution >= 0.6 is 0 Å². The maximum atomic E-state index is 5.66. The molecule has 3 aliphatic rings. The summed E-state index contributed by atoms with van der Waals surface area (Å²) >= 11 is 0. The number of nitrogens with zero attached hydrogens (tertiary/aromatic N) is 1. The van der Waals surface area contributed by atoms with Crippen LogP contribution in [0.2, 0.25) is 0 Å². The van der Waals surface area contributed by atoms with Crippen LogP contribution < -0.4 is 14.0 Å². The maximum Gasteiger partial charge on any atom is 0.213 e. The van der Waals surface area contributed by atoms with E-state index >= 15 is 0 Å². The SMILES string of the molecule is COc1ccc2cc3[n+](cc2c1OC)CCC1=C3C=C2OCOC2C1. The normalized spacial score (nSPS) is 21.2. The number of hydrogen-bond acceptors (Lipinski definition) is 4. The van der Waals surface area contributed by atoms with Crippen molar-refractivity contribution in [1.29, 1.82) is 0 Å². The molecule has 0 saturated carbocycles. The molecule has 1 aliphatic carbocycles. The summed E-state index contributed by atoms with van der Waals surface area (Å²) in [7, 11) is 3.35. The van der Waals surface area contributed by atoms with Gasteiger partial charge in [-0.2, -0.15) is 4.57 Å². The first-order valence-electron chi connectivity index (χ1n) is 8.55. The first-order chi connectivity index (χ1) is 12.3. The molecule has 1 saturated heterocycles. The van der Waals surface area contributed by atoms with Gasteiger partial charge in [-0.05, 0) is 29.2 Å². The smallest absolute Gasteiger partial charge is 0.213 e. The van der Waals surface area contributed by atoms with Crippen molar-refractivity contribution in [3.63, 3.8) is 0 Å². The lowest BCUT2D eigenvalue weighted by Crippen LogP contribution is -2.41. The molecule has 3 heterocycles. The molecular weight excluding hydrogens is 318 g/mol. The Kier molecular flexibility index (Phi) is 3.25. The van der Waals surface area contributed by atoms with Crippen LogP contribution in [-0.4, -0.2) is 27.1 Å². The Morgan fingerprint density at radius 3 is 2.96 bits per heavy atom. The van der Waals surface area contributed by atoms with Crippen molar-refractivity contribution in [3.05, 3.63) is 47.5 Å². The summed E-state index contributed by atoms with van der Waals surface area (Å²) in [5.41, 5.74) is 3.96. The molecule has 5 heteroatoms. The second-order valence-corrected chi connectivity index (χ2v) is 6.59. The third-order valence-corrected chi connectivity index (χ3v) is 5.35. The molecule has 0 N–H and O–H groups in total. The van der Waals surface area contributed by atoms with Crippen molar-refractivity contribution < 1.29 is 23.5 Å². The zero-order valence-corrected chi connectivity index (χ0v) is 14.4. The van der Waals surface area contributed by atoms with Gasteiger partial charge in [-0.3, -0.25) is 0 Å². The van der Waals surface area contributed by atoms with E-state index in [1.165, 1.54) is 16.8 Å². The van der Waals surface area contributed by atoms with Gasteiger partial charge < -0.3 is 18.9 Å². The van der Waals surface area contributed by atoms with Gasteiger partial charge in [0.15, 0.2) is 31.0 Å². The summed E-state index contributed by atoms with van der Waals surface area (Å²) in [5.74, 6) is 2.50. The van der Waals surface area contributed by atoms with Gasteiger partial charge in [0.1, 0.15) is 11.9 Å². The Hall–Kier alpha value is -2.53. The van der Waals surface area contributed by atoms with Gasteiger partial charge >= 0.3 is 0 Å². The molecule has 5 nitrogen and oxygen atoms in total. The Balaban J connectivity index is 1.70. The number of hydrogen-bond donors (Lipinski definition) is 0. The highest BCUT2D eigenvalue weighted by Gasteiger charge is 2.35. The largest absolute Gasteiger partial charge is 0.493 e. The molecule has 0 radical (unpaired) electrons. The van der Waals surface area contributed by atoms with Crippen LogP contribution in [0.1, 0.15) is 18.5 Å². The summed E-state index contributed by atoms with van der Waals surface area (Å²) in [6, 6.07) is 6.28. The first kappa shape index (κ1) is 14.8. The lowest BCUT2D eigenvalue weighted by atomic mass is 9.87. The zero-order valence-electron chi connectivity index (χ0n) is 14.4. The van der Waals surface area contributed by atoms with Gasteiger partial charge in [-0.1, -0.05) is 0 Å². The van der Waals surface area contributed by atoms with Crippen LogP contribution in [0.4, 0.5) is 0 Å². The second-order valence-electron chi connectivity index (χ2n) is 6.59. The lowest BCUT2D eigenvalue weighted by molar-refractivity contribution is -0.698. The van der Waals surface area contributed by atoms with Crippen LogP contribution in [0.15, 0.2) is 41.8 Å². The topological polar surface area (TPSA) is 40.8 Å². The first-order valence-corrected chi connectivity index (χ1v) is 8.55. The monoisotopic (exact) mass is 338 g/mol. The van der Waals surface area contributed by atoms with Crippen molar-refractivity contribution in [3.8, 4) is 11.5 Å². The third-order valence-electron chi connectivity index (χ3n) is 5.35. The van der Waals surface area contributed by atoms with E-state index in [1.54, 1.807) is 14.2 Å². The minimum Gasteiger partial charge on any atom is -0.493 e. The fourth-order valence-corrected chi connectivity index (χ4v) is 4.08. The number of rotatable bonds is 2. The molecule has 1 unspecified atom stereocenters. The number of pyridine rings is 1. The zero-order chi connectivity index (χ0) is 17.0. The van der Waals surface area contributed by atoms with Crippen molar-refractivity contribution in [1.82, 2.24) is 0 Å². The quantitative estimate of drug-likeness (QED) is 0.790. The Morgan fingerprint density at radius 1 is 1.20 bits per heavy atom. The Labute approximate surface area is 146 Å². The van der Waals surface area contributed by atoms with E-state index in [2.05, 4.69) is 29.0 Å². The Bertz CT molecular complexity index is 944. The molecule has 0 bridgehead atoms. The molecule has 25 heavy (non-hydrogen) atoms. The summed E-state index contributed by atoms with van der Waals surface area (Å²) < 4.78 is 24.6. The highest BCUT2D eigenvalue weighted by Crippen LogP contribution is 2.40. The number of ether oxygens (including phenoxy) is 4. The molecule has 1 aromatic heterocycles. The van der Waals surface area contributed by atoms with E-state index in [1.807, 2.05) is 6.07 Å². The van der Waals surface area contributed by atoms with E-state index in [9.17, 15) is 0 Å². The minimum absolute atomic E-state index is 0.107. The van der Waals surface area contributed by atoms with Gasteiger partial charge in [0, 0.05) is 24.5 Å². The molecule has 2 aliphatic heterocycles. The van der Waals surface area contributed by atoms with Crippen LogP contribution in [0.3, 0.4) is 0 Å². The van der Waals surface area contributed by atoms with Crippen LogP contribution in [0.25, 0.3) is 16.3 Å². The van der Waals surface area contributed by atoms with Crippen molar-refractivity contribution in [2.24, 2.45) is 0 Å². The highest BCUT2D eigenvalue weighted by molar-refractivity contribution is 5.92. The molecule has 128 valence electrons. The number of benzene rings is 1. The van der Waals surface area contributed by atoms with Crippen LogP contribution in [0.5, 0.6) is 11.5 Å². The van der Waals surface area contributed by atoms with E-state index in [4.69, 9.17) is 18.9 Å². The predicted molar refractivity (Wildman–Crippen MR) is 92.3 cm³/mol. The maximum absolute atomic E-state index is 5.66. The minimum atomic E-state index is 0.107. The molecule has 2 aromatic rings. The van der Waals surface area contributed by atoms with Gasteiger partial charge in [0.25, 0.3) is 0 Å². The molecular formula is C20H20NO4+. The van der Waals surface area contributed by atoms with E-state index in [0.717, 1.165) is 47.4 Å². The number of methoxy groups -OCH3 is 2. The highest BCUT2D eigenvalue weighted by atomic mass is 16.7. The van der Waals surface area contributed by atoms with Gasteiger partial charge in [-0.15, -0.1) is 0 Å². The van der Waals surface area contributed by atoms with E-state index < -0.39 is 0 Å². The van der Waals surface area contributed by atoms with E-state index in [0.29, 0.717) is 6.79 Å². The second kappa shape index (κ2) is 5.49. The molecule has 1 atom stereocenters. The standard InChI is InChI=1S/C20H20NO4/c1-22-17-4-3-12-7-16-14-9-19-18(24-11-25-19)8-13(14)5-6-21(16)10-15(12)20(17)23-2/h3-4,7,9-10,18H,5-6,8,11H2,1-2H3/q+1. The summed E-state index contributed by atoms with van der Waals surface area (Å²) in [6.45, 7) is 1.33. The van der Waals surface area contributed by atoms with Crippen molar-refractivity contribution in [2.45, 2.75) is 25.5 Å². The third kappa shape index (κ3) is 2.15. The number of fused-ring (bicyclic) bond motifs is 4. The van der Waals surface area contributed by atoms with Crippen LogP contribution in [-0.2, 0) is 16.0 Å². The number of aromatic nitrogens is 1. The van der Waals surface area contributed by atoms with Gasteiger partial charge in [-0.25, -0.2) is 0 Å². The lowest BCUT2D eigenvalue weighted by Gasteiger charge is -2.23. The summed E-state index contributed by atoms with van der Waals surface area (Å²) in [5, 5.41) is 2.21. The average molecular weight is 338 g/mol. The van der Waals surface area contributed by atoms with Crippen molar-refractivity contribution in [2.75, 3.05) is 21.0 Å².